The Kier molecular flexibility index (Phi) is 3.09. The van der Waals surface area contributed by atoms with E-state index >= 15 is 0 Å². The number of hydrogen-bond acceptors (Lipinski definition) is 2. The molecule has 0 aliphatic heterocycles. The number of thiophene rings is 1. The Morgan fingerprint density at radius 1 is 1.64 bits per heavy atom. The summed E-state index contributed by atoms with van der Waals surface area (Å²) in [6.45, 7) is 0. The summed E-state index contributed by atoms with van der Waals surface area (Å²) in [4.78, 5) is 11.7. The lowest BCUT2D eigenvalue weighted by Crippen LogP contribution is -2.15. The molecule has 0 saturated carbocycles. The number of amides is 1. The van der Waals surface area contributed by atoms with Gasteiger partial charge >= 0.3 is 0 Å². The topological polar surface area (TPSA) is 29.1 Å². The molecule has 0 radical (unpaired) electrons. The average molecular weight is 299 g/mol. The van der Waals surface area contributed by atoms with E-state index in [0.29, 0.717) is 4.88 Å². The van der Waals surface area contributed by atoms with Crippen LogP contribution in [0.5, 0.6) is 0 Å². The lowest BCUT2D eigenvalue weighted by molar-refractivity contribution is 0.0967. The first-order valence-electron chi connectivity index (χ1n) is 2.82. The highest BCUT2D eigenvalue weighted by molar-refractivity contribution is 9.13. The summed E-state index contributed by atoms with van der Waals surface area (Å²) in [5.74, 6) is -0.0543. The second-order valence-electron chi connectivity index (χ2n) is 1.81. The van der Waals surface area contributed by atoms with Crippen LogP contribution < -0.4 is 5.32 Å². The van der Waals surface area contributed by atoms with Crippen LogP contribution in [0, 0.1) is 0 Å². The molecule has 1 heterocycles. The fourth-order valence-electron chi connectivity index (χ4n) is 0.582. The summed E-state index contributed by atoms with van der Waals surface area (Å²) in [5, 5.41) is 2.55. The summed E-state index contributed by atoms with van der Waals surface area (Å²) in [7, 11) is 1.61. The number of carbonyl (C=O) groups is 1. The van der Waals surface area contributed by atoms with Crippen molar-refractivity contribution in [2.45, 2.75) is 0 Å². The van der Waals surface area contributed by atoms with E-state index in [1.807, 2.05) is 0 Å². The molecule has 0 bridgehead atoms. The normalized spacial score (nSPS) is 9.73. The maximum Gasteiger partial charge on any atom is 0.261 e. The first-order chi connectivity index (χ1) is 5.15. The van der Waals surface area contributed by atoms with E-state index in [1.165, 1.54) is 11.3 Å². The van der Waals surface area contributed by atoms with E-state index in [0.717, 1.165) is 8.26 Å². The molecule has 0 fully saturated rings. The van der Waals surface area contributed by atoms with Gasteiger partial charge in [0, 0.05) is 11.5 Å². The van der Waals surface area contributed by atoms with Crippen LogP contribution in [0.15, 0.2) is 14.3 Å². The highest BCUT2D eigenvalue weighted by Gasteiger charge is 2.09. The third-order valence-electron chi connectivity index (χ3n) is 1.10. The Hall–Kier alpha value is 0.130. The number of carbonyl (C=O) groups excluding carboxylic acids is 1. The van der Waals surface area contributed by atoms with E-state index < -0.39 is 0 Å². The summed E-state index contributed by atoms with van der Waals surface area (Å²) >= 11 is 8.01. The van der Waals surface area contributed by atoms with Gasteiger partial charge in [0.25, 0.3) is 5.91 Å². The van der Waals surface area contributed by atoms with Crippen LogP contribution in [0.1, 0.15) is 9.67 Å². The Bertz CT molecular complexity index is 265. The van der Waals surface area contributed by atoms with E-state index in [9.17, 15) is 4.79 Å². The zero-order valence-corrected chi connectivity index (χ0v) is 9.64. The SMILES string of the molecule is CNC(=O)c1cc(Br)c(Br)s1. The van der Waals surface area contributed by atoms with Crippen molar-refractivity contribution in [1.82, 2.24) is 5.32 Å². The number of hydrogen-bond donors (Lipinski definition) is 1. The van der Waals surface area contributed by atoms with E-state index in [2.05, 4.69) is 37.2 Å². The van der Waals surface area contributed by atoms with Crippen molar-refractivity contribution in [2.75, 3.05) is 7.05 Å². The highest BCUT2D eigenvalue weighted by Crippen LogP contribution is 2.32. The average Bonchev–Trinajstić information content (AvgIpc) is 2.31. The van der Waals surface area contributed by atoms with Gasteiger partial charge in [-0.05, 0) is 37.9 Å². The quantitative estimate of drug-likeness (QED) is 0.848. The van der Waals surface area contributed by atoms with Gasteiger partial charge in [-0.15, -0.1) is 11.3 Å². The monoisotopic (exact) mass is 297 g/mol. The Balaban J connectivity index is 2.97. The van der Waals surface area contributed by atoms with Crippen LogP contribution in [0.2, 0.25) is 0 Å². The number of nitrogens with one attached hydrogen (secondary N) is 1. The van der Waals surface area contributed by atoms with Gasteiger partial charge < -0.3 is 5.32 Å². The fourth-order valence-corrected chi connectivity index (χ4v) is 2.56. The van der Waals surface area contributed by atoms with E-state index in [-0.39, 0.29) is 5.91 Å². The first kappa shape index (κ1) is 9.22. The van der Waals surface area contributed by atoms with Crippen molar-refractivity contribution in [3.63, 3.8) is 0 Å². The molecule has 0 aliphatic rings. The van der Waals surface area contributed by atoms with Gasteiger partial charge in [-0.3, -0.25) is 4.79 Å². The lowest BCUT2D eigenvalue weighted by Gasteiger charge is -1.90. The van der Waals surface area contributed by atoms with Crippen LogP contribution >= 0.6 is 43.2 Å². The Labute approximate surface area is 85.2 Å². The van der Waals surface area contributed by atoms with Crippen LogP contribution in [0.3, 0.4) is 0 Å². The minimum Gasteiger partial charge on any atom is -0.354 e. The molecule has 0 unspecified atom stereocenters. The van der Waals surface area contributed by atoms with Gasteiger partial charge in [0.15, 0.2) is 0 Å². The van der Waals surface area contributed by atoms with Crippen LogP contribution in [0.25, 0.3) is 0 Å². The molecule has 1 rings (SSSR count). The largest absolute Gasteiger partial charge is 0.354 e. The predicted octanol–water partition coefficient (Wildman–Crippen LogP) is 2.63. The molecule has 11 heavy (non-hydrogen) atoms. The summed E-state index contributed by atoms with van der Waals surface area (Å²) in [6.07, 6.45) is 0. The smallest absolute Gasteiger partial charge is 0.261 e. The molecule has 1 N–H and O–H groups in total. The van der Waals surface area contributed by atoms with Crippen molar-refractivity contribution in [2.24, 2.45) is 0 Å². The molecule has 1 aromatic rings. The third kappa shape index (κ3) is 2.04. The van der Waals surface area contributed by atoms with Gasteiger partial charge in [-0.1, -0.05) is 0 Å². The van der Waals surface area contributed by atoms with E-state index in [1.54, 1.807) is 13.1 Å². The molecule has 2 nitrogen and oxygen atoms in total. The van der Waals surface area contributed by atoms with Crippen LogP contribution in [-0.2, 0) is 0 Å². The van der Waals surface area contributed by atoms with Crippen molar-refractivity contribution >= 4 is 49.1 Å². The summed E-state index contributed by atoms with van der Waals surface area (Å²) in [5.41, 5.74) is 0. The minimum absolute atomic E-state index is 0.0543. The summed E-state index contributed by atoms with van der Waals surface area (Å²) in [6, 6.07) is 1.79. The Morgan fingerprint density at radius 3 is 2.64 bits per heavy atom. The fraction of sp³-hybridized carbons (Fsp3) is 0.167. The molecule has 0 atom stereocenters. The standard InChI is InChI=1S/C6H5Br2NOS/c1-9-6(10)4-2-3(7)5(8)11-4/h2H,1H3,(H,9,10). The second kappa shape index (κ2) is 3.69. The minimum atomic E-state index is -0.0543. The molecule has 1 aromatic heterocycles. The zero-order valence-electron chi connectivity index (χ0n) is 5.65. The third-order valence-corrected chi connectivity index (χ3v) is 4.35. The number of rotatable bonds is 1. The lowest BCUT2D eigenvalue weighted by atomic mass is 10.4. The molecule has 0 aromatic carbocycles. The van der Waals surface area contributed by atoms with Crippen molar-refractivity contribution in [3.8, 4) is 0 Å². The molecule has 0 aliphatic carbocycles. The number of halogens is 2. The van der Waals surface area contributed by atoms with Gasteiger partial charge in [0.2, 0.25) is 0 Å². The highest BCUT2D eigenvalue weighted by atomic mass is 79.9. The first-order valence-corrected chi connectivity index (χ1v) is 5.22. The Morgan fingerprint density at radius 2 is 2.27 bits per heavy atom. The van der Waals surface area contributed by atoms with Gasteiger partial charge in [-0.2, -0.15) is 0 Å². The summed E-state index contributed by atoms with van der Waals surface area (Å²) < 4.78 is 1.86. The molecular weight excluding hydrogens is 294 g/mol. The van der Waals surface area contributed by atoms with Crippen molar-refractivity contribution in [1.29, 1.82) is 0 Å². The van der Waals surface area contributed by atoms with Crippen molar-refractivity contribution < 1.29 is 4.79 Å². The molecule has 1 amide bonds. The van der Waals surface area contributed by atoms with Crippen LogP contribution in [-0.4, -0.2) is 13.0 Å². The second-order valence-corrected chi connectivity index (χ2v) is 5.04. The zero-order chi connectivity index (χ0) is 8.43. The maximum absolute atomic E-state index is 11.0. The van der Waals surface area contributed by atoms with Gasteiger partial charge in [0.1, 0.15) is 0 Å². The maximum atomic E-state index is 11.0. The molecule has 0 spiro atoms. The molecule has 0 saturated heterocycles. The van der Waals surface area contributed by atoms with Crippen molar-refractivity contribution in [3.05, 3.63) is 19.2 Å². The molecule has 5 heteroatoms. The predicted molar refractivity (Wildman–Crippen MR) is 53.1 cm³/mol. The molecule has 60 valence electrons. The van der Waals surface area contributed by atoms with E-state index in [4.69, 9.17) is 0 Å². The van der Waals surface area contributed by atoms with Gasteiger partial charge in [0.05, 0.1) is 8.66 Å². The molecular formula is C6H5Br2NOS. The van der Waals surface area contributed by atoms with Crippen LogP contribution in [0.4, 0.5) is 0 Å². The van der Waals surface area contributed by atoms with Gasteiger partial charge in [-0.25, -0.2) is 0 Å².